The molecule has 5 heteroatoms. The lowest BCUT2D eigenvalue weighted by Crippen LogP contribution is -2.40. The number of piperidine rings is 1. The molecule has 5 nitrogen and oxygen atoms in total. The maximum Gasteiger partial charge on any atom is 0.303 e. The van der Waals surface area contributed by atoms with E-state index in [4.69, 9.17) is 10.8 Å². The number of aliphatic carboxylic acids is 1. The van der Waals surface area contributed by atoms with Crippen molar-refractivity contribution >= 4 is 11.9 Å². The Kier molecular flexibility index (Phi) is 4.74. The van der Waals surface area contributed by atoms with Crippen LogP contribution < -0.4 is 5.73 Å². The van der Waals surface area contributed by atoms with E-state index in [9.17, 15) is 9.59 Å². The summed E-state index contributed by atoms with van der Waals surface area (Å²) in [6, 6.07) is 7.27. The van der Waals surface area contributed by atoms with Gasteiger partial charge < -0.3 is 15.7 Å². The third-order valence-corrected chi connectivity index (χ3v) is 3.71. The van der Waals surface area contributed by atoms with E-state index in [0.717, 1.165) is 18.4 Å². The number of benzene rings is 1. The summed E-state index contributed by atoms with van der Waals surface area (Å²) in [5.41, 5.74) is 7.16. The van der Waals surface area contributed by atoms with Crippen molar-refractivity contribution in [2.45, 2.75) is 25.8 Å². The molecule has 1 atom stereocenters. The molecule has 1 aliphatic rings. The Labute approximate surface area is 118 Å². The van der Waals surface area contributed by atoms with Crippen LogP contribution in [0.1, 0.15) is 35.2 Å². The highest BCUT2D eigenvalue weighted by Crippen LogP contribution is 2.21. The second kappa shape index (κ2) is 6.52. The molecular formula is C15H20N2O3. The minimum atomic E-state index is -0.795. The maximum absolute atomic E-state index is 12.4. The number of carbonyl (C=O) groups excluding carboxylic acids is 1. The van der Waals surface area contributed by atoms with Crippen molar-refractivity contribution in [3.05, 3.63) is 35.4 Å². The van der Waals surface area contributed by atoms with Crippen LogP contribution in [0.4, 0.5) is 0 Å². The molecular weight excluding hydrogens is 256 g/mol. The molecule has 108 valence electrons. The zero-order valence-electron chi connectivity index (χ0n) is 11.4. The van der Waals surface area contributed by atoms with Gasteiger partial charge >= 0.3 is 5.97 Å². The van der Waals surface area contributed by atoms with E-state index in [1.165, 1.54) is 0 Å². The predicted octanol–water partition coefficient (Wildman–Crippen LogP) is 1.47. The fraction of sp³-hybridized carbons (Fsp3) is 0.467. The van der Waals surface area contributed by atoms with Crippen LogP contribution >= 0.6 is 0 Å². The van der Waals surface area contributed by atoms with Gasteiger partial charge in [0.15, 0.2) is 0 Å². The lowest BCUT2D eigenvalue weighted by molar-refractivity contribution is -0.138. The summed E-state index contributed by atoms with van der Waals surface area (Å²) in [5, 5.41) is 8.85. The van der Waals surface area contributed by atoms with Crippen molar-refractivity contribution in [1.82, 2.24) is 4.90 Å². The van der Waals surface area contributed by atoms with Gasteiger partial charge in [0, 0.05) is 31.6 Å². The molecule has 0 saturated carbocycles. The zero-order chi connectivity index (χ0) is 14.5. The maximum atomic E-state index is 12.4. The van der Waals surface area contributed by atoms with Gasteiger partial charge in [0.2, 0.25) is 0 Å². The summed E-state index contributed by atoms with van der Waals surface area (Å²) in [4.78, 5) is 24.9. The molecule has 0 bridgehead atoms. The molecule has 1 heterocycles. The first-order chi connectivity index (χ1) is 9.60. The minimum absolute atomic E-state index is 0.0244. The van der Waals surface area contributed by atoms with Crippen LogP contribution in [-0.4, -0.2) is 35.0 Å². The van der Waals surface area contributed by atoms with Crippen LogP contribution in [0.2, 0.25) is 0 Å². The van der Waals surface area contributed by atoms with Gasteiger partial charge in [-0.05, 0) is 36.5 Å². The number of amides is 1. The molecule has 20 heavy (non-hydrogen) atoms. The number of likely N-dealkylation sites (tertiary alicyclic amines) is 1. The first kappa shape index (κ1) is 14.5. The van der Waals surface area contributed by atoms with Gasteiger partial charge in [0.05, 0.1) is 0 Å². The van der Waals surface area contributed by atoms with Crippen molar-refractivity contribution in [2.24, 2.45) is 11.7 Å². The molecule has 1 aliphatic heterocycles. The summed E-state index contributed by atoms with van der Waals surface area (Å²) < 4.78 is 0. The average Bonchev–Trinajstić information content (AvgIpc) is 2.46. The smallest absolute Gasteiger partial charge is 0.303 e. The SMILES string of the molecule is NCc1ccc(C(=O)N2CCCC(CC(=O)O)C2)cc1. The number of carboxylic acid groups (broad SMARTS) is 1. The molecule has 0 aromatic heterocycles. The number of carboxylic acids is 1. The lowest BCUT2D eigenvalue weighted by Gasteiger charge is -2.32. The van der Waals surface area contributed by atoms with E-state index >= 15 is 0 Å². The number of nitrogens with zero attached hydrogens (tertiary/aromatic N) is 1. The van der Waals surface area contributed by atoms with Crippen molar-refractivity contribution in [3.63, 3.8) is 0 Å². The van der Waals surface area contributed by atoms with Crippen LogP contribution in [0.15, 0.2) is 24.3 Å². The Hall–Kier alpha value is -1.88. The van der Waals surface area contributed by atoms with Crippen molar-refractivity contribution in [2.75, 3.05) is 13.1 Å². The first-order valence-corrected chi connectivity index (χ1v) is 6.90. The highest BCUT2D eigenvalue weighted by molar-refractivity contribution is 5.94. The van der Waals surface area contributed by atoms with E-state index in [2.05, 4.69) is 0 Å². The van der Waals surface area contributed by atoms with Crippen LogP contribution in [0, 0.1) is 5.92 Å². The summed E-state index contributed by atoms with van der Waals surface area (Å²) in [7, 11) is 0. The second-order valence-corrected chi connectivity index (χ2v) is 5.26. The van der Waals surface area contributed by atoms with Gasteiger partial charge in [-0.25, -0.2) is 0 Å². The Morgan fingerprint density at radius 3 is 2.60 bits per heavy atom. The molecule has 1 saturated heterocycles. The fourth-order valence-corrected chi connectivity index (χ4v) is 2.63. The molecule has 1 amide bonds. The number of rotatable bonds is 4. The van der Waals surface area contributed by atoms with Gasteiger partial charge in [-0.2, -0.15) is 0 Å². The molecule has 1 unspecified atom stereocenters. The summed E-state index contributed by atoms with van der Waals surface area (Å²) in [6.07, 6.45) is 1.88. The van der Waals surface area contributed by atoms with Gasteiger partial charge in [-0.3, -0.25) is 9.59 Å². The number of nitrogens with two attached hydrogens (primary N) is 1. The van der Waals surface area contributed by atoms with Gasteiger partial charge in [-0.15, -0.1) is 0 Å². The van der Waals surface area contributed by atoms with E-state index in [1.807, 2.05) is 12.1 Å². The molecule has 1 aromatic carbocycles. The normalized spacial score (nSPS) is 18.9. The van der Waals surface area contributed by atoms with Crippen LogP contribution in [0.3, 0.4) is 0 Å². The molecule has 2 rings (SSSR count). The largest absolute Gasteiger partial charge is 0.481 e. The number of carbonyl (C=O) groups is 2. The molecule has 0 spiro atoms. The van der Waals surface area contributed by atoms with E-state index in [-0.39, 0.29) is 18.2 Å². The number of hydrogen-bond donors (Lipinski definition) is 2. The van der Waals surface area contributed by atoms with Crippen LogP contribution in [0.5, 0.6) is 0 Å². The molecule has 1 fully saturated rings. The summed E-state index contributed by atoms with van der Waals surface area (Å²) >= 11 is 0. The highest BCUT2D eigenvalue weighted by Gasteiger charge is 2.25. The van der Waals surface area contributed by atoms with Gasteiger partial charge in [0.1, 0.15) is 0 Å². The molecule has 3 N–H and O–H groups in total. The first-order valence-electron chi connectivity index (χ1n) is 6.90. The Morgan fingerprint density at radius 1 is 1.30 bits per heavy atom. The van der Waals surface area contributed by atoms with E-state index < -0.39 is 5.97 Å². The quantitative estimate of drug-likeness (QED) is 0.872. The van der Waals surface area contributed by atoms with Crippen molar-refractivity contribution in [3.8, 4) is 0 Å². The predicted molar refractivity (Wildman–Crippen MR) is 75.2 cm³/mol. The molecule has 0 radical (unpaired) electrons. The van der Waals surface area contributed by atoms with E-state index in [0.29, 0.717) is 25.2 Å². The van der Waals surface area contributed by atoms with Crippen LogP contribution in [-0.2, 0) is 11.3 Å². The average molecular weight is 276 g/mol. The minimum Gasteiger partial charge on any atom is -0.481 e. The van der Waals surface area contributed by atoms with Gasteiger partial charge in [0.25, 0.3) is 5.91 Å². The van der Waals surface area contributed by atoms with Crippen molar-refractivity contribution in [1.29, 1.82) is 0 Å². The Morgan fingerprint density at radius 2 is 2.00 bits per heavy atom. The second-order valence-electron chi connectivity index (χ2n) is 5.26. The Balaban J connectivity index is 2.02. The highest BCUT2D eigenvalue weighted by atomic mass is 16.4. The molecule has 1 aromatic rings. The van der Waals surface area contributed by atoms with Crippen molar-refractivity contribution < 1.29 is 14.7 Å². The summed E-state index contributed by atoms with van der Waals surface area (Å²) in [6.45, 7) is 1.69. The number of hydrogen-bond acceptors (Lipinski definition) is 3. The monoisotopic (exact) mass is 276 g/mol. The van der Waals surface area contributed by atoms with Crippen LogP contribution in [0.25, 0.3) is 0 Å². The lowest BCUT2D eigenvalue weighted by atomic mass is 9.94. The van der Waals surface area contributed by atoms with E-state index in [1.54, 1.807) is 17.0 Å². The molecule has 0 aliphatic carbocycles. The standard InChI is InChI=1S/C15H20N2O3/c16-9-11-3-5-13(6-4-11)15(20)17-7-1-2-12(10-17)8-14(18)19/h3-6,12H,1-2,7-10,16H2,(H,18,19). The fourth-order valence-electron chi connectivity index (χ4n) is 2.63. The zero-order valence-corrected chi connectivity index (χ0v) is 11.4. The van der Waals surface area contributed by atoms with Gasteiger partial charge in [-0.1, -0.05) is 12.1 Å². The third kappa shape index (κ3) is 3.57. The topological polar surface area (TPSA) is 83.6 Å². The summed E-state index contributed by atoms with van der Waals surface area (Å²) in [5.74, 6) is -0.756. The third-order valence-electron chi connectivity index (χ3n) is 3.71. The Bertz CT molecular complexity index is 484.